The van der Waals surface area contributed by atoms with E-state index in [9.17, 15) is 9.59 Å². The number of carbonyl (C=O) groups is 2. The summed E-state index contributed by atoms with van der Waals surface area (Å²) in [6.07, 6.45) is 4.02. The summed E-state index contributed by atoms with van der Waals surface area (Å²) < 4.78 is 0. The third-order valence-electron chi connectivity index (χ3n) is 2.37. The monoisotopic (exact) mass is 171 g/mol. The van der Waals surface area contributed by atoms with Crippen LogP contribution in [0.5, 0.6) is 0 Å². The Hall–Kier alpha value is -1.06. The zero-order valence-corrected chi connectivity index (χ0v) is 6.82. The summed E-state index contributed by atoms with van der Waals surface area (Å²) in [6, 6.07) is -0.159. The minimum Gasteiger partial charge on any atom is -0.481 e. The fraction of sp³-hybridized carbons (Fsp3) is 0.750. The summed E-state index contributed by atoms with van der Waals surface area (Å²) >= 11 is 0. The van der Waals surface area contributed by atoms with E-state index in [1.165, 1.54) is 0 Å². The highest BCUT2D eigenvalue weighted by Crippen LogP contribution is 2.24. The topological polar surface area (TPSA) is 66.4 Å². The van der Waals surface area contributed by atoms with Gasteiger partial charge in [0.1, 0.15) is 0 Å². The highest BCUT2D eigenvalue weighted by atomic mass is 16.4. The fourth-order valence-corrected chi connectivity index (χ4v) is 1.71. The second kappa shape index (κ2) is 4.09. The minimum absolute atomic E-state index is 0.159. The number of hydrogen-bond acceptors (Lipinski definition) is 2. The minimum atomic E-state index is -0.797. The molecule has 1 rings (SSSR count). The first kappa shape index (κ1) is 9.03. The Morgan fingerprint density at radius 3 is 2.67 bits per heavy atom. The molecule has 4 nitrogen and oxygen atoms in total. The highest BCUT2D eigenvalue weighted by Gasteiger charge is 2.29. The van der Waals surface area contributed by atoms with Gasteiger partial charge in [-0.2, -0.15) is 0 Å². The van der Waals surface area contributed by atoms with E-state index in [0.717, 1.165) is 19.3 Å². The molecule has 12 heavy (non-hydrogen) atoms. The Kier molecular flexibility index (Phi) is 3.08. The van der Waals surface area contributed by atoms with Crippen LogP contribution in [-0.2, 0) is 9.59 Å². The fourth-order valence-electron chi connectivity index (χ4n) is 1.71. The van der Waals surface area contributed by atoms with E-state index in [-0.39, 0.29) is 12.0 Å². The molecule has 4 heteroatoms. The summed E-state index contributed by atoms with van der Waals surface area (Å²) in [5, 5.41) is 11.3. The summed E-state index contributed by atoms with van der Waals surface area (Å²) in [5.74, 6) is -1.18. The van der Waals surface area contributed by atoms with Crippen molar-refractivity contribution in [3.05, 3.63) is 0 Å². The molecule has 1 aliphatic rings. The van der Waals surface area contributed by atoms with Crippen LogP contribution in [-0.4, -0.2) is 23.5 Å². The molecule has 68 valence electrons. The molecule has 0 aromatic heterocycles. The molecular weight excluding hydrogens is 158 g/mol. The lowest BCUT2D eigenvalue weighted by molar-refractivity contribution is -0.143. The standard InChI is InChI=1S/C8H13NO3/c10-5-9-7-4-2-1-3-6(7)8(11)12/h5-7H,1-4H2,(H,9,10)(H,11,12)/t6-,7-/m1/s1. The van der Waals surface area contributed by atoms with Crippen molar-refractivity contribution in [3.63, 3.8) is 0 Å². The van der Waals surface area contributed by atoms with Gasteiger partial charge in [-0.1, -0.05) is 12.8 Å². The molecular formula is C8H13NO3. The summed E-state index contributed by atoms with van der Waals surface area (Å²) in [4.78, 5) is 20.8. The van der Waals surface area contributed by atoms with Crippen LogP contribution < -0.4 is 5.32 Å². The van der Waals surface area contributed by atoms with Crippen molar-refractivity contribution in [2.75, 3.05) is 0 Å². The van der Waals surface area contributed by atoms with Gasteiger partial charge in [-0.25, -0.2) is 0 Å². The van der Waals surface area contributed by atoms with Gasteiger partial charge in [-0.05, 0) is 12.8 Å². The van der Waals surface area contributed by atoms with Crippen LogP contribution in [0.4, 0.5) is 0 Å². The maximum absolute atomic E-state index is 10.7. The summed E-state index contributed by atoms with van der Waals surface area (Å²) in [6.45, 7) is 0. The van der Waals surface area contributed by atoms with Crippen molar-refractivity contribution in [1.82, 2.24) is 5.32 Å². The van der Waals surface area contributed by atoms with Gasteiger partial charge in [0, 0.05) is 6.04 Å². The first-order valence-corrected chi connectivity index (χ1v) is 4.18. The van der Waals surface area contributed by atoms with E-state index in [2.05, 4.69) is 5.32 Å². The molecule has 0 aromatic rings. The van der Waals surface area contributed by atoms with Crippen LogP contribution in [0.2, 0.25) is 0 Å². The lowest BCUT2D eigenvalue weighted by Crippen LogP contribution is -2.41. The number of carbonyl (C=O) groups excluding carboxylic acids is 1. The Morgan fingerprint density at radius 2 is 2.08 bits per heavy atom. The molecule has 0 saturated heterocycles. The van der Waals surface area contributed by atoms with Gasteiger partial charge in [-0.15, -0.1) is 0 Å². The van der Waals surface area contributed by atoms with E-state index in [1.54, 1.807) is 0 Å². The molecule has 0 radical (unpaired) electrons. The van der Waals surface area contributed by atoms with Crippen molar-refractivity contribution in [1.29, 1.82) is 0 Å². The second-order valence-corrected chi connectivity index (χ2v) is 3.12. The zero-order valence-electron chi connectivity index (χ0n) is 6.82. The van der Waals surface area contributed by atoms with Crippen molar-refractivity contribution < 1.29 is 14.7 Å². The second-order valence-electron chi connectivity index (χ2n) is 3.12. The average Bonchev–Trinajstić information content (AvgIpc) is 2.05. The smallest absolute Gasteiger partial charge is 0.308 e. The molecule has 2 atom stereocenters. The molecule has 0 bridgehead atoms. The highest BCUT2D eigenvalue weighted by molar-refractivity contribution is 5.71. The molecule has 0 spiro atoms. The molecule has 2 N–H and O–H groups in total. The molecule has 1 amide bonds. The number of carboxylic acid groups (broad SMARTS) is 1. The van der Waals surface area contributed by atoms with Gasteiger partial charge >= 0.3 is 5.97 Å². The Morgan fingerprint density at radius 1 is 1.42 bits per heavy atom. The average molecular weight is 171 g/mol. The van der Waals surface area contributed by atoms with Crippen LogP contribution >= 0.6 is 0 Å². The van der Waals surface area contributed by atoms with Crippen molar-refractivity contribution in [2.45, 2.75) is 31.7 Å². The van der Waals surface area contributed by atoms with Gasteiger partial charge in [0.25, 0.3) is 0 Å². The Labute approximate surface area is 71.0 Å². The molecule has 0 unspecified atom stereocenters. The van der Waals surface area contributed by atoms with Crippen LogP contribution in [0.25, 0.3) is 0 Å². The third kappa shape index (κ3) is 1.96. The lowest BCUT2D eigenvalue weighted by Gasteiger charge is -2.27. The SMILES string of the molecule is O=CN[C@@H]1CCCC[C@H]1C(=O)O. The van der Waals surface area contributed by atoms with E-state index >= 15 is 0 Å². The van der Waals surface area contributed by atoms with Gasteiger partial charge in [0.15, 0.2) is 0 Å². The van der Waals surface area contributed by atoms with Gasteiger partial charge in [0.2, 0.25) is 6.41 Å². The van der Waals surface area contributed by atoms with Crippen molar-refractivity contribution in [3.8, 4) is 0 Å². The maximum Gasteiger partial charge on any atom is 0.308 e. The number of hydrogen-bond donors (Lipinski definition) is 2. The predicted octanol–water partition coefficient (Wildman–Crippen LogP) is 0.376. The first-order valence-electron chi connectivity index (χ1n) is 4.18. The quantitative estimate of drug-likeness (QED) is 0.603. The molecule has 1 fully saturated rings. The summed E-state index contributed by atoms with van der Waals surface area (Å²) in [5.41, 5.74) is 0. The number of rotatable bonds is 3. The molecule has 0 aliphatic heterocycles. The van der Waals surface area contributed by atoms with E-state index in [4.69, 9.17) is 5.11 Å². The van der Waals surface area contributed by atoms with Gasteiger partial charge in [0.05, 0.1) is 5.92 Å². The third-order valence-corrected chi connectivity index (χ3v) is 2.37. The first-order chi connectivity index (χ1) is 5.75. The van der Waals surface area contributed by atoms with Crippen molar-refractivity contribution >= 4 is 12.4 Å². The van der Waals surface area contributed by atoms with Crippen LogP contribution in [0, 0.1) is 5.92 Å². The largest absolute Gasteiger partial charge is 0.481 e. The van der Waals surface area contributed by atoms with Crippen molar-refractivity contribution in [2.24, 2.45) is 5.92 Å². The van der Waals surface area contributed by atoms with E-state index < -0.39 is 5.97 Å². The molecule has 0 aromatic carbocycles. The van der Waals surface area contributed by atoms with E-state index in [0.29, 0.717) is 12.8 Å². The molecule has 1 aliphatic carbocycles. The normalized spacial score (nSPS) is 29.3. The van der Waals surface area contributed by atoms with Gasteiger partial charge < -0.3 is 10.4 Å². The molecule has 0 heterocycles. The summed E-state index contributed by atoms with van der Waals surface area (Å²) in [7, 11) is 0. The Bertz CT molecular complexity index is 181. The van der Waals surface area contributed by atoms with Crippen LogP contribution in [0.1, 0.15) is 25.7 Å². The number of aliphatic carboxylic acids is 1. The maximum atomic E-state index is 10.7. The zero-order chi connectivity index (χ0) is 8.97. The van der Waals surface area contributed by atoms with Gasteiger partial charge in [-0.3, -0.25) is 9.59 Å². The van der Waals surface area contributed by atoms with E-state index in [1.807, 2.05) is 0 Å². The Balaban J connectivity index is 2.53. The van der Waals surface area contributed by atoms with Crippen LogP contribution in [0.15, 0.2) is 0 Å². The number of nitrogens with one attached hydrogen (secondary N) is 1. The molecule has 1 saturated carbocycles. The lowest BCUT2D eigenvalue weighted by atomic mass is 9.85. The van der Waals surface area contributed by atoms with Crippen LogP contribution in [0.3, 0.4) is 0 Å². The number of amides is 1. The number of carboxylic acids is 1. The predicted molar refractivity (Wildman–Crippen MR) is 42.6 cm³/mol.